The number of carbonyl (C=O) groups is 2. The summed E-state index contributed by atoms with van der Waals surface area (Å²) in [6, 6.07) is 7.05. The second-order valence-electron chi connectivity index (χ2n) is 4.80. The predicted octanol–water partition coefficient (Wildman–Crippen LogP) is 1.49. The first-order chi connectivity index (χ1) is 9.04. The van der Waals surface area contributed by atoms with E-state index in [1.54, 1.807) is 36.1 Å². The van der Waals surface area contributed by atoms with Gasteiger partial charge in [0.05, 0.1) is 18.6 Å². The van der Waals surface area contributed by atoms with E-state index in [0.717, 1.165) is 0 Å². The van der Waals surface area contributed by atoms with Crippen molar-refractivity contribution in [3.8, 4) is 5.75 Å². The van der Waals surface area contributed by atoms with Crippen molar-refractivity contribution in [3.05, 3.63) is 29.8 Å². The Labute approximate surface area is 111 Å². The number of likely N-dealkylation sites (tertiary alicyclic amines) is 1. The lowest BCUT2D eigenvalue weighted by atomic mass is 9.86. The molecule has 1 aliphatic rings. The first-order valence-corrected chi connectivity index (χ1v) is 6.19. The van der Waals surface area contributed by atoms with Crippen molar-refractivity contribution in [2.75, 3.05) is 20.2 Å². The maximum absolute atomic E-state index is 12.2. The number of ether oxygens (including phenoxy) is 1. The zero-order chi connectivity index (χ0) is 14.0. The third-order valence-corrected chi connectivity index (χ3v) is 3.63. The van der Waals surface area contributed by atoms with Crippen molar-refractivity contribution < 1.29 is 19.4 Å². The van der Waals surface area contributed by atoms with Crippen LogP contribution in [0.2, 0.25) is 0 Å². The molecule has 0 bridgehead atoms. The number of aliphatic carboxylic acids is 1. The molecule has 1 heterocycles. The number of carboxylic acids is 1. The van der Waals surface area contributed by atoms with Crippen LogP contribution in [0.25, 0.3) is 0 Å². The molecule has 1 aromatic carbocycles. The van der Waals surface area contributed by atoms with Gasteiger partial charge in [-0.15, -0.1) is 0 Å². The van der Waals surface area contributed by atoms with Crippen LogP contribution in [0.1, 0.15) is 17.3 Å². The Kier molecular flexibility index (Phi) is 3.74. The summed E-state index contributed by atoms with van der Waals surface area (Å²) < 4.78 is 5.16. The Balaban J connectivity index is 2.02. The highest BCUT2D eigenvalue weighted by Crippen LogP contribution is 2.28. The number of benzene rings is 1. The van der Waals surface area contributed by atoms with E-state index in [0.29, 0.717) is 24.4 Å². The second kappa shape index (κ2) is 5.30. The summed E-state index contributed by atoms with van der Waals surface area (Å²) in [5, 5.41) is 8.92. The first kappa shape index (κ1) is 13.4. The number of hydrogen-bond donors (Lipinski definition) is 1. The van der Waals surface area contributed by atoms with Gasteiger partial charge in [-0.3, -0.25) is 9.59 Å². The number of amides is 1. The molecule has 1 amide bonds. The van der Waals surface area contributed by atoms with Crippen molar-refractivity contribution in [2.24, 2.45) is 11.8 Å². The molecular weight excluding hydrogens is 246 g/mol. The van der Waals surface area contributed by atoms with E-state index in [2.05, 4.69) is 0 Å². The van der Waals surface area contributed by atoms with E-state index in [-0.39, 0.29) is 11.8 Å². The fraction of sp³-hybridized carbons (Fsp3) is 0.429. The minimum atomic E-state index is -0.811. The highest BCUT2D eigenvalue weighted by atomic mass is 16.5. The summed E-state index contributed by atoms with van der Waals surface area (Å²) >= 11 is 0. The van der Waals surface area contributed by atoms with Crippen molar-refractivity contribution >= 4 is 11.9 Å². The highest BCUT2D eigenvalue weighted by molar-refractivity contribution is 5.97. The largest absolute Gasteiger partial charge is 0.496 e. The number of rotatable bonds is 4. The molecule has 0 aliphatic carbocycles. The van der Waals surface area contributed by atoms with Crippen molar-refractivity contribution in [1.29, 1.82) is 0 Å². The van der Waals surface area contributed by atoms with Gasteiger partial charge >= 0.3 is 5.97 Å². The van der Waals surface area contributed by atoms with Gasteiger partial charge in [-0.1, -0.05) is 19.1 Å². The van der Waals surface area contributed by atoms with Crippen molar-refractivity contribution in [2.45, 2.75) is 6.92 Å². The fourth-order valence-electron chi connectivity index (χ4n) is 2.19. The zero-order valence-electron chi connectivity index (χ0n) is 11.0. The molecule has 1 unspecified atom stereocenters. The van der Waals surface area contributed by atoms with E-state index < -0.39 is 11.9 Å². The van der Waals surface area contributed by atoms with Crippen LogP contribution in [0.15, 0.2) is 24.3 Å². The van der Waals surface area contributed by atoms with Crippen LogP contribution < -0.4 is 4.74 Å². The Hall–Kier alpha value is -2.04. The number of para-hydroxylation sites is 1. The molecule has 102 valence electrons. The number of methoxy groups -OCH3 is 1. The summed E-state index contributed by atoms with van der Waals surface area (Å²) in [7, 11) is 1.53. The van der Waals surface area contributed by atoms with Gasteiger partial charge in [-0.2, -0.15) is 0 Å². The first-order valence-electron chi connectivity index (χ1n) is 6.19. The molecule has 0 radical (unpaired) electrons. The second-order valence-corrected chi connectivity index (χ2v) is 4.80. The van der Waals surface area contributed by atoms with Crippen LogP contribution in [0.3, 0.4) is 0 Å². The monoisotopic (exact) mass is 263 g/mol. The maximum atomic E-state index is 12.2. The molecule has 1 saturated heterocycles. The molecule has 1 N–H and O–H groups in total. The summed E-state index contributed by atoms with van der Waals surface area (Å²) in [4.78, 5) is 24.8. The molecule has 2 rings (SSSR count). The number of carbonyl (C=O) groups excluding carboxylic acids is 1. The standard InChI is InChI=1S/C14H17NO4/c1-9(14(17)18)10-7-15(8-10)13(16)11-5-3-4-6-12(11)19-2/h3-6,9-10H,7-8H2,1-2H3,(H,17,18). The summed E-state index contributed by atoms with van der Waals surface area (Å²) in [6.45, 7) is 2.66. The predicted molar refractivity (Wildman–Crippen MR) is 69.2 cm³/mol. The number of carboxylic acid groups (broad SMARTS) is 1. The highest BCUT2D eigenvalue weighted by Gasteiger charge is 2.37. The van der Waals surface area contributed by atoms with E-state index in [1.165, 1.54) is 7.11 Å². The van der Waals surface area contributed by atoms with Crippen molar-refractivity contribution in [1.82, 2.24) is 4.90 Å². The van der Waals surface area contributed by atoms with E-state index in [4.69, 9.17) is 9.84 Å². The Morgan fingerprint density at radius 2 is 2.00 bits per heavy atom. The van der Waals surface area contributed by atoms with Gasteiger partial charge < -0.3 is 14.7 Å². The van der Waals surface area contributed by atoms with Crippen LogP contribution in [0, 0.1) is 11.8 Å². The molecule has 1 fully saturated rings. The molecule has 1 aliphatic heterocycles. The average molecular weight is 263 g/mol. The van der Waals surface area contributed by atoms with Gasteiger partial charge in [0.15, 0.2) is 0 Å². The normalized spacial score (nSPS) is 16.6. The molecular formula is C14H17NO4. The van der Waals surface area contributed by atoms with Gasteiger partial charge in [0.2, 0.25) is 0 Å². The molecule has 5 nitrogen and oxygen atoms in total. The minimum absolute atomic E-state index is 0.0381. The molecule has 19 heavy (non-hydrogen) atoms. The van der Waals surface area contributed by atoms with Gasteiger partial charge in [0, 0.05) is 19.0 Å². The third-order valence-electron chi connectivity index (χ3n) is 3.63. The summed E-state index contributed by atoms with van der Waals surface area (Å²) in [5.41, 5.74) is 0.520. The fourth-order valence-corrected chi connectivity index (χ4v) is 2.19. The number of hydrogen-bond acceptors (Lipinski definition) is 3. The molecule has 0 saturated carbocycles. The molecule has 0 aromatic heterocycles. The summed E-state index contributed by atoms with van der Waals surface area (Å²) in [6.07, 6.45) is 0. The van der Waals surface area contributed by atoms with Gasteiger partial charge in [-0.25, -0.2) is 0 Å². The van der Waals surface area contributed by atoms with Crippen LogP contribution in [-0.4, -0.2) is 42.1 Å². The minimum Gasteiger partial charge on any atom is -0.496 e. The quantitative estimate of drug-likeness (QED) is 0.893. The van der Waals surface area contributed by atoms with Gasteiger partial charge in [-0.05, 0) is 12.1 Å². The Morgan fingerprint density at radius 3 is 2.58 bits per heavy atom. The molecule has 0 spiro atoms. The SMILES string of the molecule is COc1ccccc1C(=O)N1CC(C(C)C(=O)O)C1. The lowest BCUT2D eigenvalue weighted by molar-refractivity contribution is -0.144. The van der Waals surface area contributed by atoms with E-state index in [1.807, 2.05) is 0 Å². The average Bonchev–Trinajstić information content (AvgIpc) is 2.36. The Morgan fingerprint density at radius 1 is 1.37 bits per heavy atom. The van der Waals surface area contributed by atoms with E-state index >= 15 is 0 Å². The molecule has 5 heteroatoms. The Bertz CT molecular complexity index is 494. The van der Waals surface area contributed by atoms with Crippen molar-refractivity contribution in [3.63, 3.8) is 0 Å². The topological polar surface area (TPSA) is 66.8 Å². The van der Waals surface area contributed by atoms with Crippen LogP contribution in [0.4, 0.5) is 0 Å². The third kappa shape index (κ3) is 2.54. The summed E-state index contributed by atoms with van der Waals surface area (Å²) in [5.74, 6) is -0.749. The zero-order valence-corrected chi connectivity index (χ0v) is 11.0. The van der Waals surface area contributed by atoms with Crippen LogP contribution in [0.5, 0.6) is 5.75 Å². The van der Waals surface area contributed by atoms with Crippen LogP contribution >= 0.6 is 0 Å². The molecule has 1 atom stereocenters. The van der Waals surface area contributed by atoms with Gasteiger partial charge in [0.1, 0.15) is 5.75 Å². The molecule has 1 aromatic rings. The van der Waals surface area contributed by atoms with E-state index in [9.17, 15) is 9.59 Å². The smallest absolute Gasteiger partial charge is 0.306 e. The van der Waals surface area contributed by atoms with Crippen LogP contribution in [-0.2, 0) is 4.79 Å². The number of nitrogens with zero attached hydrogens (tertiary/aromatic N) is 1. The lowest BCUT2D eigenvalue weighted by Gasteiger charge is -2.41. The van der Waals surface area contributed by atoms with Gasteiger partial charge in [0.25, 0.3) is 5.91 Å². The lowest BCUT2D eigenvalue weighted by Crippen LogP contribution is -2.53. The maximum Gasteiger partial charge on any atom is 0.306 e.